The van der Waals surface area contributed by atoms with Gasteiger partial charge in [-0.1, -0.05) is 49.4 Å². The van der Waals surface area contributed by atoms with Crippen molar-refractivity contribution in [3.63, 3.8) is 0 Å². The fourth-order valence-electron chi connectivity index (χ4n) is 6.79. The van der Waals surface area contributed by atoms with Crippen LogP contribution in [0.5, 0.6) is 0 Å². The maximum atomic E-state index is 14.7. The first kappa shape index (κ1) is 45.3. The van der Waals surface area contributed by atoms with Gasteiger partial charge in [0.25, 0.3) is 0 Å². The van der Waals surface area contributed by atoms with Gasteiger partial charge in [0.1, 0.15) is 25.0 Å². The Morgan fingerprint density at radius 3 is 2.47 bits per heavy atom. The number of rotatable bonds is 20. The Hall–Kier alpha value is -3.18. The van der Waals surface area contributed by atoms with Crippen LogP contribution in [0.1, 0.15) is 45.3 Å². The first-order valence-electron chi connectivity index (χ1n) is 19.1. The van der Waals surface area contributed by atoms with E-state index < -0.39 is 64.0 Å². The zero-order valence-electron chi connectivity index (χ0n) is 33.9. The second kappa shape index (κ2) is 18.4. The number of benzene rings is 1. The molecule has 1 aromatic carbocycles. The second-order valence-corrected chi connectivity index (χ2v) is 24.3. The van der Waals surface area contributed by atoms with Crippen LogP contribution in [-0.2, 0) is 57.0 Å². The number of aliphatic hydroxyl groups is 1. The largest absolute Gasteiger partial charge is 0.465 e. The van der Waals surface area contributed by atoms with Crippen molar-refractivity contribution in [2.24, 2.45) is 0 Å². The van der Waals surface area contributed by atoms with E-state index in [2.05, 4.69) is 50.2 Å². The van der Waals surface area contributed by atoms with E-state index in [1.54, 1.807) is 52.0 Å². The maximum Gasteiger partial charge on any atom is 0.413 e. The molecule has 59 heavy (non-hydrogen) atoms. The van der Waals surface area contributed by atoms with Gasteiger partial charge in [-0.3, -0.25) is 9.46 Å². The molecule has 2 N–H and O–H groups in total. The normalized spacial score (nSPS) is 21.5. The van der Waals surface area contributed by atoms with Crippen LogP contribution >= 0.6 is 30.8 Å². The number of fused-ring (bicyclic) bond motifs is 2. The van der Waals surface area contributed by atoms with Crippen molar-refractivity contribution in [2.75, 3.05) is 37.9 Å². The lowest BCUT2D eigenvalue weighted by atomic mass is 10.1. The molecule has 4 aromatic rings. The van der Waals surface area contributed by atoms with Crippen molar-refractivity contribution in [2.45, 2.75) is 109 Å². The van der Waals surface area contributed by atoms with Crippen LogP contribution < -0.4 is 4.90 Å². The van der Waals surface area contributed by atoms with Crippen LogP contribution in [0.15, 0.2) is 30.5 Å². The van der Waals surface area contributed by atoms with Crippen molar-refractivity contribution >= 4 is 61.8 Å². The van der Waals surface area contributed by atoms with Gasteiger partial charge in [0.15, 0.2) is 34.6 Å². The lowest BCUT2D eigenvalue weighted by molar-refractivity contribution is -0.207. The summed E-state index contributed by atoms with van der Waals surface area (Å²) in [7, 11) is -5.67. The molecule has 1 unspecified atom stereocenters. The Morgan fingerprint density at radius 1 is 1.10 bits per heavy atom. The van der Waals surface area contributed by atoms with E-state index in [4.69, 9.17) is 55.9 Å². The lowest BCUT2D eigenvalue weighted by Crippen LogP contribution is -2.45. The average molecular weight is 903 g/mol. The number of carbonyl (C=O) groups is 1. The minimum absolute atomic E-state index is 0.0106. The summed E-state index contributed by atoms with van der Waals surface area (Å²) in [5.74, 6) is -0.920. The van der Waals surface area contributed by atoms with Crippen molar-refractivity contribution < 1.29 is 52.3 Å². The van der Waals surface area contributed by atoms with Gasteiger partial charge in [0.2, 0.25) is 5.28 Å². The van der Waals surface area contributed by atoms with Gasteiger partial charge in [0, 0.05) is 19.7 Å². The molecule has 2 saturated heterocycles. The van der Waals surface area contributed by atoms with Crippen molar-refractivity contribution in [1.82, 2.24) is 40.0 Å². The summed E-state index contributed by atoms with van der Waals surface area (Å²) in [6.07, 6.45) is -3.76. The number of amides is 1. The van der Waals surface area contributed by atoms with Gasteiger partial charge in [-0.05, 0) is 67.4 Å². The number of nitrogens with zero attached hydrogens (tertiary/aromatic N) is 9. The number of ether oxygens (including phenoxy) is 5. The van der Waals surface area contributed by atoms with E-state index in [1.165, 1.54) is 15.6 Å². The van der Waals surface area contributed by atoms with Crippen LogP contribution in [0, 0.1) is 0 Å². The molecule has 5 heterocycles. The molecule has 1 amide bonds. The summed E-state index contributed by atoms with van der Waals surface area (Å²) >= 11 is 12.8. The van der Waals surface area contributed by atoms with E-state index in [0.717, 1.165) is 10.9 Å². The summed E-state index contributed by atoms with van der Waals surface area (Å²) in [5.41, 5.74) is 0.680. The molecule has 3 aromatic heterocycles. The van der Waals surface area contributed by atoms with Gasteiger partial charge in [0.05, 0.1) is 51.0 Å². The number of halogens is 2. The fraction of sp³-hybridized carbons (Fsp3) is 0.629. The Morgan fingerprint density at radius 2 is 1.81 bits per heavy atom. The third kappa shape index (κ3) is 9.97. The van der Waals surface area contributed by atoms with Crippen molar-refractivity contribution in [1.29, 1.82) is 0 Å². The zero-order valence-corrected chi connectivity index (χ0v) is 37.3. The number of tetrazole rings is 1. The summed E-state index contributed by atoms with van der Waals surface area (Å²) in [6, 6.07) is 7.76. The molecular weight excluding hydrogens is 852 g/mol. The molecule has 20 nitrogen and oxygen atoms in total. The van der Waals surface area contributed by atoms with E-state index >= 15 is 0 Å². The molecule has 6 rings (SSSR count). The topological polar surface area (TPSA) is 230 Å². The van der Waals surface area contributed by atoms with Crippen LogP contribution in [0.4, 0.5) is 10.6 Å². The SMILES string of the molecule is CCOP(=O)(OCC)C(CO)(Cc1nnnn1COCC[Si](C)(C)C)OC[C@H]1O[C@@H](n2ncc3c(N(Cc4ccccc4Cl)C(=O)O)nc(Cl)nc32)[C@@H]2OC(C)(C)O[C@@H]21. The molecule has 0 bridgehead atoms. The maximum absolute atomic E-state index is 14.7. The average Bonchev–Trinajstić information content (AvgIpc) is 3.94. The molecule has 0 radical (unpaired) electrons. The van der Waals surface area contributed by atoms with E-state index in [0.29, 0.717) is 17.2 Å². The minimum atomic E-state index is -4.29. The van der Waals surface area contributed by atoms with Gasteiger partial charge in [-0.25, -0.2) is 14.2 Å². The third-order valence-corrected chi connectivity index (χ3v) is 14.5. The van der Waals surface area contributed by atoms with Crippen LogP contribution in [0.3, 0.4) is 0 Å². The Bertz CT molecular complexity index is 2130. The van der Waals surface area contributed by atoms with Crippen LogP contribution in [-0.4, -0.2) is 127 Å². The number of hydrogen-bond acceptors (Lipinski definition) is 16. The number of aliphatic hydroxyl groups excluding tert-OH is 1. The molecule has 5 atom stereocenters. The van der Waals surface area contributed by atoms with Crippen LogP contribution in [0.25, 0.3) is 11.0 Å². The first-order valence-corrected chi connectivity index (χ1v) is 25.1. The van der Waals surface area contributed by atoms with Gasteiger partial charge in [-0.2, -0.15) is 15.1 Å². The Kier molecular flexibility index (Phi) is 14.2. The smallest absolute Gasteiger partial charge is 0.413 e. The highest BCUT2D eigenvalue weighted by molar-refractivity contribution is 7.55. The molecule has 0 saturated carbocycles. The molecule has 0 spiro atoms. The third-order valence-electron chi connectivity index (χ3n) is 9.66. The van der Waals surface area contributed by atoms with Crippen LogP contribution in [0.2, 0.25) is 36.0 Å². The van der Waals surface area contributed by atoms with Gasteiger partial charge >= 0.3 is 13.7 Å². The molecule has 2 aliphatic rings. The van der Waals surface area contributed by atoms with Crippen molar-refractivity contribution in [3.05, 3.63) is 52.2 Å². The number of aromatic nitrogens is 8. The van der Waals surface area contributed by atoms with E-state index in [-0.39, 0.29) is 67.5 Å². The summed E-state index contributed by atoms with van der Waals surface area (Å²) in [4.78, 5) is 22.3. The van der Waals surface area contributed by atoms with Gasteiger partial charge < -0.3 is 42.9 Å². The predicted molar refractivity (Wildman–Crippen MR) is 216 cm³/mol. The minimum Gasteiger partial charge on any atom is -0.465 e. The number of anilines is 1. The van der Waals surface area contributed by atoms with Crippen molar-refractivity contribution in [3.8, 4) is 0 Å². The highest BCUT2D eigenvalue weighted by Crippen LogP contribution is 2.62. The van der Waals surface area contributed by atoms with E-state index in [1.807, 2.05) is 0 Å². The van der Waals surface area contributed by atoms with Gasteiger partial charge in [-0.15, -0.1) is 5.10 Å². The fourth-order valence-corrected chi connectivity index (χ4v) is 9.87. The quantitative estimate of drug-likeness (QED) is 0.0466. The molecule has 24 heteroatoms. The summed E-state index contributed by atoms with van der Waals surface area (Å²) in [6.45, 7) is 12.7. The number of carboxylic acid groups (broad SMARTS) is 1. The second-order valence-electron chi connectivity index (χ2n) is 15.6. The molecule has 2 fully saturated rings. The predicted octanol–water partition coefficient (Wildman–Crippen LogP) is 5.75. The lowest BCUT2D eigenvalue weighted by Gasteiger charge is -2.37. The highest BCUT2D eigenvalue weighted by atomic mass is 35.5. The molecular formula is C35H50Cl2N9O11PSi. The molecule has 0 aliphatic carbocycles. The first-order chi connectivity index (χ1) is 27.9. The molecule has 2 aliphatic heterocycles. The summed E-state index contributed by atoms with van der Waals surface area (Å²) < 4.78 is 60.7. The highest BCUT2D eigenvalue weighted by Gasteiger charge is 2.59. The standard InChI is InChI=1S/C35H50Cl2N9O11PSi/c1-8-53-58(50,54-9-2)35(20-47,16-26-41-42-43-45(26)21-51-14-15-59(5,6)7)52-19-25-27-28(57-34(3,4)56-27)31(55-25)46-30-23(17-38-46)29(39-32(37)40-30)44(33(48)49)18-22-12-10-11-13-24(22)36/h10-13,17,25,27-28,31,47H,8-9,14-16,18-21H2,1-7H3,(H,48,49)/t25-,27-,28-,31-,35?/m1/s1. The van der Waals surface area contributed by atoms with E-state index in [9.17, 15) is 19.6 Å². The molecule has 324 valence electrons. The Labute approximate surface area is 351 Å². The number of hydrogen-bond donors (Lipinski definition) is 2. The summed E-state index contributed by atoms with van der Waals surface area (Å²) in [5, 5.41) is 36.3. The Balaban J connectivity index is 1.31. The zero-order chi connectivity index (χ0) is 42.8. The monoisotopic (exact) mass is 901 g/mol.